The highest BCUT2D eigenvalue weighted by Crippen LogP contribution is 2.33. The van der Waals surface area contributed by atoms with Gasteiger partial charge in [0.25, 0.3) is 5.91 Å². The van der Waals surface area contributed by atoms with Crippen LogP contribution < -0.4 is 10.1 Å². The van der Waals surface area contributed by atoms with Gasteiger partial charge in [0.2, 0.25) is 0 Å². The fraction of sp³-hybridized carbons (Fsp3) is 0.300. The molecule has 148 valence electrons. The summed E-state index contributed by atoms with van der Waals surface area (Å²) in [6.07, 6.45) is -3.90. The molecule has 0 spiro atoms. The maximum Gasteiger partial charge on any atom is 0.417 e. The molecule has 0 heterocycles. The normalized spacial score (nSPS) is 13.3. The number of aliphatic hydroxyl groups is 1. The summed E-state index contributed by atoms with van der Waals surface area (Å²) >= 11 is 0. The maximum absolute atomic E-state index is 13.0. The van der Waals surface area contributed by atoms with E-state index in [1.807, 2.05) is 19.1 Å². The number of amides is 1. The van der Waals surface area contributed by atoms with Gasteiger partial charge < -0.3 is 15.2 Å². The second kappa shape index (κ2) is 8.31. The van der Waals surface area contributed by atoms with Crippen molar-refractivity contribution in [3.63, 3.8) is 0 Å². The molecule has 0 aliphatic rings. The van der Waals surface area contributed by atoms with Crippen LogP contribution in [0.2, 0.25) is 0 Å². The molecule has 1 amide bonds. The molecular weight excluding hydrogens is 373 g/mol. The maximum atomic E-state index is 13.0. The number of halogens is 3. The lowest BCUT2D eigenvalue weighted by Crippen LogP contribution is -2.45. The number of carbonyl (C=O) groups is 1. The first-order valence-electron chi connectivity index (χ1n) is 8.43. The number of aryl methyl sites for hydroxylation is 1. The summed E-state index contributed by atoms with van der Waals surface area (Å²) in [4.78, 5) is 12.3. The van der Waals surface area contributed by atoms with Crippen LogP contribution in [-0.4, -0.2) is 23.2 Å². The van der Waals surface area contributed by atoms with E-state index in [4.69, 9.17) is 10.00 Å². The number of hydrogen-bond donors (Lipinski definition) is 2. The average molecular weight is 392 g/mol. The second-order valence-electron chi connectivity index (χ2n) is 6.38. The summed E-state index contributed by atoms with van der Waals surface area (Å²) < 4.78 is 44.5. The summed E-state index contributed by atoms with van der Waals surface area (Å²) in [5.41, 5.74) is -2.81. The predicted octanol–water partition coefficient (Wildman–Crippen LogP) is 3.91. The molecule has 0 bridgehead atoms. The van der Waals surface area contributed by atoms with Gasteiger partial charge in [-0.05, 0) is 49.2 Å². The number of anilines is 1. The molecule has 0 aliphatic carbocycles. The van der Waals surface area contributed by atoms with Crippen molar-refractivity contribution in [2.75, 3.05) is 11.9 Å². The first kappa shape index (κ1) is 21.3. The number of rotatable bonds is 6. The predicted molar refractivity (Wildman–Crippen MR) is 96.7 cm³/mol. The van der Waals surface area contributed by atoms with Crippen molar-refractivity contribution < 1.29 is 27.8 Å². The van der Waals surface area contributed by atoms with Crippen molar-refractivity contribution >= 4 is 11.6 Å². The molecule has 0 aliphatic heterocycles. The molecule has 1 atom stereocenters. The van der Waals surface area contributed by atoms with Crippen LogP contribution in [0.3, 0.4) is 0 Å². The number of nitriles is 1. The van der Waals surface area contributed by atoms with Crippen molar-refractivity contribution in [3.8, 4) is 11.8 Å². The zero-order valence-corrected chi connectivity index (χ0v) is 15.3. The highest BCUT2D eigenvalue weighted by atomic mass is 19.4. The van der Waals surface area contributed by atoms with Gasteiger partial charge in [-0.15, -0.1) is 0 Å². The van der Waals surface area contributed by atoms with E-state index >= 15 is 0 Å². The van der Waals surface area contributed by atoms with E-state index in [1.54, 1.807) is 12.1 Å². The Morgan fingerprint density at radius 2 is 1.86 bits per heavy atom. The van der Waals surface area contributed by atoms with Gasteiger partial charge in [-0.2, -0.15) is 18.4 Å². The van der Waals surface area contributed by atoms with Crippen LogP contribution in [0.25, 0.3) is 0 Å². The minimum atomic E-state index is -4.75. The van der Waals surface area contributed by atoms with Crippen molar-refractivity contribution in [1.29, 1.82) is 5.26 Å². The molecule has 0 fully saturated rings. The van der Waals surface area contributed by atoms with Crippen molar-refractivity contribution in [2.24, 2.45) is 0 Å². The van der Waals surface area contributed by atoms with Crippen LogP contribution in [0.5, 0.6) is 5.75 Å². The Kier molecular flexibility index (Phi) is 6.31. The van der Waals surface area contributed by atoms with Crippen LogP contribution in [-0.2, 0) is 17.4 Å². The van der Waals surface area contributed by atoms with E-state index in [2.05, 4.69) is 5.32 Å². The molecule has 28 heavy (non-hydrogen) atoms. The fourth-order valence-electron chi connectivity index (χ4n) is 2.33. The lowest BCUT2D eigenvalue weighted by molar-refractivity contribution is -0.138. The topological polar surface area (TPSA) is 82.3 Å². The Hall–Kier alpha value is -3.05. The number of hydrogen-bond acceptors (Lipinski definition) is 4. The monoisotopic (exact) mass is 392 g/mol. The molecule has 0 radical (unpaired) electrons. The first-order valence-corrected chi connectivity index (χ1v) is 8.43. The quantitative estimate of drug-likeness (QED) is 0.781. The van der Waals surface area contributed by atoms with E-state index in [-0.39, 0.29) is 5.69 Å². The summed E-state index contributed by atoms with van der Waals surface area (Å²) in [6, 6.07) is 11.3. The lowest BCUT2D eigenvalue weighted by Gasteiger charge is -2.23. The Bertz CT molecular complexity index is 885. The average Bonchev–Trinajstić information content (AvgIpc) is 2.66. The Morgan fingerprint density at radius 3 is 2.39 bits per heavy atom. The SMILES string of the molecule is CCc1ccc(OC[C@@](C)(O)C(=O)Nc2ccc(C#N)c(C(F)(F)F)c2)cc1. The molecular formula is C20H19F3N2O3. The van der Waals surface area contributed by atoms with Crippen molar-refractivity contribution in [3.05, 3.63) is 59.2 Å². The molecule has 2 rings (SSSR count). The Morgan fingerprint density at radius 1 is 1.21 bits per heavy atom. The third kappa shape index (κ3) is 5.24. The standard InChI is InChI=1S/C20H19F3N2O3/c1-3-13-4-8-16(9-5-13)28-12-19(2,27)18(26)25-15-7-6-14(11-24)17(10-15)20(21,22)23/h4-10,27H,3,12H2,1-2H3,(H,25,26)/t19-/m1/s1. The minimum Gasteiger partial charge on any atom is -0.490 e. The zero-order valence-electron chi connectivity index (χ0n) is 15.3. The second-order valence-corrected chi connectivity index (χ2v) is 6.38. The van der Waals surface area contributed by atoms with E-state index < -0.39 is 35.4 Å². The molecule has 2 N–H and O–H groups in total. The van der Waals surface area contributed by atoms with Gasteiger partial charge in [0.1, 0.15) is 12.4 Å². The third-order valence-corrected chi connectivity index (χ3v) is 4.04. The first-order chi connectivity index (χ1) is 13.1. The van der Waals surface area contributed by atoms with E-state index in [0.717, 1.165) is 24.1 Å². The van der Waals surface area contributed by atoms with Gasteiger partial charge in [0.05, 0.1) is 17.2 Å². The van der Waals surface area contributed by atoms with E-state index in [9.17, 15) is 23.1 Å². The minimum absolute atomic E-state index is 0.191. The number of benzene rings is 2. The van der Waals surface area contributed by atoms with Crippen LogP contribution in [0.4, 0.5) is 18.9 Å². The molecule has 8 heteroatoms. The number of nitrogens with one attached hydrogen (secondary N) is 1. The van der Waals surface area contributed by atoms with Gasteiger partial charge >= 0.3 is 6.18 Å². The Labute approximate surface area is 160 Å². The summed E-state index contributed by atoms with van der Waals surface area (Å²) in [5.74, 6) is -0.487. The van der Waals surface area contributed by atoms with Gasteiger partial charge in [-0.3, -0.25) is 4.79 Å². The highest BCUT2D eigenvalue weighted by Gasteiger charge is 2.35. The smallest absolute Gasteiger partial charge is 0.417 e. The van der Waals surface area contributed by atoms with Gasteiger partial charge in [0.15, 0.2) is 5.60 Å². The van der Waals surface area contributed by atoms with Crippen LogP contribution >= 0.6 is 0 Å². The largest absolute Gasteiger partial charge is 0.490 e. The van der Waals surface area contributed by atoms with Crippen molar-refractivity contribution in [1.82, 2.24) is 0 Å². The molecule has 0 saturated heterocycles. The zero-order chi connectivity index (χ0) is 20.9. The number of ether oxygens (including phenoxy) is 1. The number of alkyl halides is 3. The summed E-state index contributed by atoms with van der Waals surface area (Å²) in [5, 5.41) is 21.3. The van der Waals surface area contributed by atoms with E-state index in [0.29, 0.717) is 11.8 Å². The molecule has 2 aromatic rings. The number of carbonyl (C=O) groups excluding carboxylic acids is 1. The van der Waals surface area contributed by atoms with E-state index in [1.165, 1.54) is 13.0 Å². The lowest BCUT2D eigenvalue weighted by atomic mass is 10.1. The van der Waals surface area contributed by atoms with Gasteiger partial charge in [0, 0.05) is 5.69 Å². The summed E-state index contributed by atoms with van der Waals surface area (Å²) in [7, 11) is 0. The number of nitrogens with zero attached hydrogens (tertiary/aromatic N) is 1. The molecule has 0 aromatic heterocycles. The van der Waals surface area contributed by atoms with Gasteiger partial charge in [-0.1, -0.05) is 19.1 Å². The molecule has 0 saturated carbocycles. The fourth-order valence-corrected chi connectivity index (χ4v) is 2.33. The third-order valence-electron chi connectivity index (χ3n) is 4.04. The van der Waals surface area contributed by atoms with Gasteiger partial charge in [-0.25, -0.2) is 0 Å². The molecule has 2 aromatic carbocycles. The van der Waals surface area contributed by atoms with Crippen molar-refractivity contribution in [2.45, 2.75) is 32.0 Å². The van der Waals surface area contributed by atoms with Crippen LogP contribution in [0.1, 0.15) is 30.5 Å². The molecule has 5 nitrogen and oxygen atoms in total. The van der Waals surface area contributed by atoms with Crippen LogP contribution in [0.15, 0.2) is 42.5 Å². The summed E-state index contributed by atoms with van der Waals surface area (Å²) in [6.45, 7) is 2.79. The Balaban J connectivity index is 2.09. The van der Waals surface area contributed by atoms with Crippen LogP contribution in [0, 0.1) is 11.3 Å². The highest BCUT2D eigenvalue weighted by molar-refractivity contribution is 5.97. The molecule has 0 unspecified atom stereocenters.